The molecule has 1 aliphatic carbocycles. The number of aromatic carboxylic acids is 1. The van der Waals surface area contributed by atoms with Gasteiger partial charge in [0.1, 0.15) is 28.2 Å². The Morgan fingerprint density at radius 2 is 1.71 bits per heavy atom. The van der Waals surface area contributed by atoms with E-state index in [0.717, 1.165) is 67.2 Å². The van der Waals surface area contributed by atoms with Gasteiger partial charge in [0.05, 0.1) is 12.6 Å². The van der Waals surface area contributed by atoms with Gasteiger partial charge in [0.25, 0.3) is 0 Å². The van der Waals surface area contributed by atoms with Crippen molar-refractivity contribution in [1.29, 1.82) is 0 Å². The standard InChI is InChI=1S/C38H47ClN2O7/c1-38(2,3)48-37(44)41(25-33(29-17-19-34(39)40-24-29)47-35-11-7-8-22-45-35)21-20-26-12-14-27(15-13-26)28-16-18-31(36(42)43)32(23-28)46-30-9-5-4-6-10-30/h12-19,23-24,30,33,35H,4-11,20-22,25H2,1-3H3,(H,42,43)/t33-,35?/m1/s1. The summed E-state index contributed by atoms with van der Waals surface area (Å²) in [7, 11) is 0. The summed E-state index contributed by atoms with van der Waals surface area (Å²) in [5.74, 6) is -0.584. The van der Waals surface area contributed by atoms with Crippen molar-refractivity contribution in [2.45, 2.75) is 103 Å². The van der Waals surface area contributed by atoms with Crippen molar-refractivity contribution in [3.05, 3.63) is 82.6 Å². The molecule has 258 valence electrons. The SMILES string of the molecule is CC(C)(C)OC(=O)N(CCc1ccc(-c2ccc(C(=O)O)c(OC3CCCCC3)c2)cc1)C[C@@H](OC1CCCCO1)c1ccc(Cl)nc1. The van der Waals surface area contributed by atoms with Crippen LogP contribution >= 0.6 is 11.6 Å². The quantitative estimate of drug-likeness (QED) is 0.189. The smallest absolute Gasteiger partial charge is 0.410 e. The zero-order valence-corrected chi connectivity index (χ0v) is 28.9. The number of hydrogen-bond donors (Lipinski definition) is 1. The molecular formula is C38H47ClN2O7. The molecule has 1 aromatic heterocycles. The predicted octanol–water partition coefficient (Wildman–Crippen LogP) is 8.88. The van der Waals surface area contributed by atoms with E-state index in [-0.39, 0.29) is 24.5 Å². The van der Waals surface area contributed by atoms with Crippen LogP contribution < -0.4 is 4.74 Å². The number of pyridine rings is 1. The molecule has 2 atom stereocenters. The Morgan fingerprint density at radius 3 is 2.35 bits per heavy atom. The first kappa shape index (κ1) is 35.6. The number of nitrogens with zero attached hydrogens (tertiary/aromatic N) is 2. The second kappa shape index (κ2) is 16.6. The number of carboxylic acids is 1. The average Bonchev–Trinajstić information content (AvgIpc) is 3.07. The van der Waals surface area contributed by atoms with E-state index in [0.29, 0.717) is 30.5 Å². The van der Waals surface area contributed by atoms with Crippen molar-refractivity contribution in [2.24, 2.45) is 0 Å². The molecule has 10 heteroatoms. The lowest BCUT2D eigenvalue weighted by atomic mass is 9.97. The Morgan fingerprint density at radius 1 is 0.979 bits per heavy atom. The van der Waals surface area contributed by atoms with Gasteiger partial charge in [-0.15, -0.1) is 0 Å². The van der Waals surface area contributed by atoms with E-state index in [1.807, 2.05) is 63.2 Å². The van der Waals surface area contributed by atoms with Gasteiger partial charge in [-0.1, -0.05) is 54.4 Å². The highest BCUT2D eigenvalue weighted by molar-refractivity contribution is 6.29. The molecule has 1 unspecified atom stereocenters. The van der Waals surface area contributed by atoms with Gasteiger partial charge in [-0.2, -0.15) is 0 Å². The summed E-state index contributed by atoms with van der Waals surface area (Å²) < 4.78 is 24.3. The summed E-state index contributed by atoms with van der Waals surface area (Å²) in [4.78, 5) is 31.4. The Bertz CT molecular complexity index is 1490. The molecule has 0 radical (unpaired) electrons. The maximum Gasteiger partial charge on any atom is 0.410 e. The number of rotatable bonds is 12. The number of hydrogen-bond acceptors (Lipinski definition) is 7. The second-order valence-electron chi connectivity index (χ2n) is 13.6. The van der Waals surface area contributed by atoms with Crippen molar-refractivity contribution in [1.82, 2.24) is 9.88 Å². The molecule has 5 rings (SSSR count). The van der Waals surface area contributed by atoms with Crippen LogP contribution in [0.5, 0.6) is 5.75 Å². The van der Waals surface area contributed by atoms with Crippen molar-refractivity contribution < 1.29 is 33.6 Å². The molecule has 0 spiro atoms. The molecule has 9 nitrogen and oxygen atoms in total. The van der Waals surface area contributed by atoms with Crippen LogP contribution in [-0.4, -0.2) is 64.7 Å². The third-order valence-corrected chi connectivity index (χ3v) is 8.85. The fourth-order valence-electron chi connectivity index (χ4n) is 6.06. The molecule has 1 N–H and O–H groups in total. The topological polar surface area (TPSA) is 107 Å². The van der Waals surface area contributed by atoms with E-state index in [2.05, 4.69) is 4.98 Å². The van der Waals surface area contributed by atoms with Crippen molar-refractivity contribution in [3.8, 4) is 16.9 Å². The molecule has 1 saturated heterocycles. The highest BCUT2D eigenvalue weighted by Crippen LogP contribution is 2.32. The van der Waals surface area contributed by atoms with Crippen molar-refractivity contribution in [3.63, 3.8) is 0 Å². The Balaban J connectivity index is 1.31. The van der Waals surface area contributed by atoms with Crippen LogP contribution in [0.15, 0.2) is 60.8 Å². The van der Waals surface area contributed by atoms with Gasteiger partial charge in [-0.05, 0) is 107 Å². The Kier molecular flexibility index (Phi) is 12.4. The monoisotopic (exact) mass is 678 g/mol. The van der Waals surface area contributed by atoms with Crippen molar-refractivity contribution >= 4 is 23.7 Å². The maximum absolute atomic E-state index is 13.5. The number of aromatic nitrogens is 1. The number of carbonyl (C=O) groups is 2. The van der Waals surface area contributed by atoms with Crippen LogP contribution in [0.2, 0.25) is 5.15 Å². The summed E-state index contributed by atoms with van der Waals surface area (Å²) in [5, 5.41) is 10.2. The minimum absolute atomic E-state index is 0.0403. The molecule has 1 aliphatic heterocycles. The first-order valence-electron chi connectivity index (χ1n) is 17.0. The predicted molar refractivity (Wildman–Crippen MR) is 185 cm³/mol. The zero-order valence-electron chi connectivity index (χ0n) is 28.2. The number of ether oxygens (including phenoxy) is 4. The third kappa shape index (κ3) is 10.4. The van der Waals surface area contributed by atoms with E-state index >= 15 is 0 Å². The fraction of sp³-hybridized carbons (Fsp3) is 0.500. The normalized spacial score (nSPS) is 17.8. The number of amides is 1. The fourth-order valence-corrected chi connectivity index (χ4v) is 6.17. The van der Waals surface area contributed by atoms with Gasteiger partial charge < -0.3 is 29.0 Å². The van der Waals surface area contributed by atoms with Crippen LogP contribution in [-0.2, 0) is 20.6 Å². The van der Waals surface area contributed by atoms with Gasteiger partial charge in [-0.3, -0.25) is 0 Å². The molecule has 1 saturated carbocycles. The Labute approximate surface area is 288 Å². The minimum atomic E-state index is -0.997. The molecule has 0 bridgehead atoms. The molecule has 2 aromatic carbocycles. The number of halogens is 1. The average molecular weight is 679 g/mol. The van der Waals surface area contributed by atoms with Crippen LogP contribution in [0, 0.1) is 0 Å². The van der Waals surface area contributed by atoms with Crippen LogP contribution in [0.25, 0.3) is 11.1 Å². The summed E-state index contributed by atoms with van der Waals surface area (Å²) in [6, 6.07) is 16.9. The van der Waals surface area contributed by atoms with E-state index in [4.69, 9.17) is 30.5 Å². The van der Waals surface area contributed by atoms with Crippen LogP contribution in [0.1, 0.15) is 99.7 Å². The minimum Gasteiger partial charge on any atom is -0.490 e. The summed E-state index contributed by atoms with van der Waals surface area (Å²) >= 11 is 6.08. The lowest BCUT2D eigenvalue weighted by molar-refractivity contribution is -0.192. The summed E-state index contributed by atoms with van der Waals surface area (Å²) in [6.45, 7) is 6.83. The summed E-state index contributed by atoms with van der Waals surface area (Å²) in [6.07, 6.45) is 9.07. The molecule has 2 fully saturated rings. The van der Waals surface area contributed by atoms with E-state index < -0.39 is 23.8 Å². The lowest BCUT2D eigenvalue weighted by Gasteiger charge is -2.33. The van der Waals surface area contributed by atoms with Crippen LogP contribution in [0.3, 0.4) is 0 Å². The van der Waals surface area contributed by atoms with Crippen LogP contribution in [0.4, 0.5) is 4.79 Å². The second-order valence-corrected chi connectivity index (χ2v) is 14.0. The van der Waals surface area contributed by atoms with E-state index in [1.165, 1.54) is 6.42 Å². The lowest BCUT2D eigenvalue weighted by Crippen LogP contribution is -2.41. The zero-order chi connectivity index (χ0) is 34.1. The van der Waals surface area contributed by atoms with Gasteiger partial charge in [-0.25, -0.2) is 14.6 Å². The molecule has 2 heterocycles. The van der Waals surface area contributed by atoms with Gasteiger partial charge in [0.2, 0.25) is 0 Å². The molecule has 48 heavy (non-hydrogen) atoms. The highest BCUT2D eigenvalue weighted by atomic mass is 35.5. The first-order valence-corrected chi connectivity index (χ1v) is 17.4. The number of carbonyl (C=O) groups excluding carboxylic acids is 1. The largest absolute Gasteiger partial charge is 0.490 e. The van der Waals surface area contributed by atoms with Crippen molar-refractivity contribution in [2.75, 3.05) is 19.7 Å². The molecule has 1 amide bonds. The number of benzene rings is 2. The third-order valence-electron chi connectivity index (χ3n) is 8.63. The van der Waals surface area contributed by atoms with Gasteiger partial charge in [0, 0.05) is 24.9 Å². The Hall–Kier alpha value is -3.66. The number of carboxylic acid groups (broad SMARTS) is 1. The molecular weight excluding hydrogens is 632 g/mol. The van der Waals surface area contributed by atoms with E-state index in [1.54, 1.807) is 23.2 Å². The van der Waals surface area contributed by atoms with Gasteiger partial charge in [0.15, 0.2) is 6.29 Å². The molecule has 2 aliphatic rings. The highest BCUT2D eigenvalue weighted by Gasteiger charge is 2.29. The summed E-state index contributed by atoms with van der Waals surface area (Å²) in [5.41, 5.74) is 3.17. The maximum atomic E-state index is 13.5. The van der Waals surface area contributed by atoms with E-state index in [9.17, 15) is 14.7 Å². The first-order chi connectivity index (χ1) is 23.0. The van der Waals surface area contributed by atoms with Gasteiger partial charge >= 0.3 is 12.1 Å². The molecule has 3 aromatic rings.